The molecule has 5 nitrogen and oxygen atoms in total. The van der Waals surface area contributed by atoms with Crippen LogP contribution in [0.2, 0.25) is 0 Å². The number of benzene rings is 1. The summed E-state index contributed by atoms with van der Waals surface area (Å²) < 4.78 is 19.8. The maximum absolute atomic E-state index is 14.1. The number of carbonyl (C=O) groups excluding carboxylic acids is 2. The van der Waals surface area contributed by atoms with E-state index in [1.807, 2.05) is 0 Å². The number of hydrogen-bond acceptors (Lipinski definition) is 3. The molecule has 1 aromatic rings. The van der Waals surface area contributed by atoms with Crippen LogP contribution in [0.25, 0.3) is 0 Å². The lowest BCUT2D eigenvalue weighted by Crippen LogP contribution is -2.28. The first kappa shape index (κ1) is 16.7. The second-order valence-corrected chi connectivity index (χ2v) is 6.45. The lowest BCUT2D eigenvalue weighted by Gasteiger charge is -2.16. The molecule has 2 fully saturated rings. The third-order valence-electron chi connectivity index (χ3n) is 4.59. The van der Waals surface area contributed by atoms with Crippen molar-refractivity contribution in [1.29, 1.82) is 0 Å². The van der Waals surface area contributed by atoms with Crippen LogP contribution in [0.1, 0.15) is 44.9 Å². The van der Waals surface area contributed by atoms with Crippen LogP contribution in [0, 0.1) is 5.82 Å². The van der Waals surface area contributed by atoms with E-state index < -0.39 is 5.82 Å². The van der Waals surface area contributed by atoms with Gasteiger partial charge in [-0.1, -0.05) is 0 Å². The van der Waals surface area contributed by atoms with E-state index in [0.29, 0.717) is 25.2 Å². The van der Waals surface area contributed by atoms with Crippen molar-refractivity contribution in [2.75, 3.05) is 18.4 Å². The summed E-state index contributed by atoms with van der Waals surface area (Å²) in [5.41, 5.74) is 0.407. The Labute approximate surface area is 141 Å². The van der Waals surface area contributed by atoms with Crippen molar-refractivity contribution in [3.05, 3.63) is 24.0 Å². The summed E-state index contributed by atoms with van der Waals surface area (Å²) in [7, 11) is 0. The zero-order valence-corrected chi connectivity index (χ0v) is 13.7. The Morgan fingerprint density at radius 1 is 1.29 bits per heavy atom. The number of anilines is 1. The summed E-state index contributed by atoms with van der Waals surface area (Å²) >= 11 is 0. The molecule has 3 rings (SSSR count). The molecule has 0 aromatic heterocycles. The van der Waals surface area contributed by atoms with Crippen LogP contribution >= 0.6 is 0 Å². The lowest BCUT2D eigenvalue weighted by molar-refractivity contribution is -0.128. The molecule has 24 heavy (non-hydrogen) atoms. The zero-order chi connectivity index (χ0) is 16.9. The average molecular weight is 334 g/mol. The standard InChI is InChI=1S/C18H23FN2O3/c19-15-12-13(7-8-16(15)24-14-4-1-2-5-14)20-17(22)9-11-21-10-3-6-18(21)23/h7-8,12,14H,1-6,9-11H2,(H,20,22). The van der Waals surface area contributed by atoms with Gasteiger partial charge in [-0.05, 0) is 44.2 Å². The molecule has 1 N–H and O–H groups in total. The van der Waals surface area contributed by atoms with Crippen molar-refractivity contribution >= 4 is 17.5 Å². The second kappa shape index (κ2) is 7.64. The lowest BCUT2D eigenvalue weighted by atomic mass is 10.2. The summed E-state index contributed by atoms with van der Waals surface area (Å²) in [5.74, 6) is -0.349. The quantitative estimate of drug-likeness (QED) is 0.870. The Hall–Kier alpha value is -2.11. The normalized spacial score (nSPS) is 18.2. The van der Waals surface area contributed by atoms with E-state index in [4.69, 9.17) is 4.74 Å². The SMILES string of the molecule is O=C(CCN1CCCC1=O)Nc1ccc(OC2CCCC2)c(F)c1. The minimum Gasteiger partial charge on any atom is -0.487 e. The monoisotopic (exact) mass is 334 g/mol. The largest absolute Gasteiger partial charge is 0.487 e. The van der Waals surface area contributed by atoms with Gasteiger partial charge in [-0.25, -0.2) is 4.39 Å². The molecular weight excluding hydrogens is 311 g/mol. The first-order valence-electron chi connectivity index (χ1n) is 8.65. The predicted octanol–water partition coefficient (Wildman–Crippen LogP) is 3.10. The summed E-state index contributed by atoms with van der Waals surface area (Å²) in [4.78, 5) is 25.1. The topological polar surface area (TPSA) is 58.6 Å². The van der Waals surface area contributed by atoms with Crippen LogP contribution in [0.5, 0.6) is 5.75 Å². The van der Waals surface area contributed by atoms with Gasteiger partial charge in [-0.3, -0.25) is 9.59 Å². The summed E-state index contributed by atoms with van der Waals surface area (Å²) in [6, 6.07) is 4.49. The van der Waals surface area contributed by atoms with E-state index in [0.717, 1.165) is 32.1 Å². The van der Waals surface area contributed by atoms with E-state index in [9.17, 15) is 14.0 Å². The zero-order valence-electron chi connectivity index (χ0n) is 13.7. The van der Waals surface area contributed by atoms with Crippen molar-refractivity contribution in [3.63, 3.8) is 0 Å². The van der Waals surface area contributed by atoms with Gasteiger partial charge in [0.25, 0.3) is 0 Å². The third kappa shape index (κ3) is 4.24. The molecule has 0 bridgehead atoms. The molecule has 0 unspecified atom stereocenters. The number of likely N-dealkylation sites (tertiary alicyclic amines) is 1. The molecule has 0 radical (unpaired) electrons. The smallest absolute Gasteiger partial charge is 0.226 e. The van der Waals surface area contributed by atoms with Gasteiger partial charge in [0.2, 0.25) is 11.8 Å². The number of nitrogens with one attached hydrogen (secondary N) is 1. The molecule has 2 aliphatic rings. The molecule has 2 amide bonds. The average Bonchev–Trinajstić information content (AvgIpc) is 3.20. The first-order valence-corrected chi connectivity index (χ1v) is 8.65. The van der Waals surface area contributed by atoms with Crippen molar-refractivity contribution in [2.24, 2.45) is 0 Å². The number of rotatable bonds is 6. The molecule has 1 aromatic carbocycles. The third-order valence-corrected chi connectivity index (χ3v) is 4.59. The van der Waals surface area contributed by atoms with E-state index in [2.05, 4.69) is 5.32 Å². The van der Waals surface area contributed by atoms with Crippen molar-refractivity contribution < 1.29 is 18.7 Å². The fourth-order valence-electron chi connectivity index (χ4n) is 3.26. The van der Waals surface area contributed by atoms with E-state index in [-0.39, 0.29) is 30.1 Å². The number of halogens is 1. The predicted molar refractivity (Wildman–Crippen MR) is 88.3 cm³/mol. The highest BCUT2D eigenvalue weighted by molar-refractivity contribution is 5.91. The van der Waals surface area contributed by atoms with Gasteiger partial charge in [0.1, 0.15) is 0 Å². The Kier molecular flexibility index (Phi) is 5.33. The van der Waals surface area contributed by atoms with Crippen LogP contribution < -0.4 is 10.1 Å². The highest BCUT2D eigenvalue weighted by Gasteiger charge is 2.21. The fourth-order valence-corrected chi connectivity index (χ4v) is 3.26. The fraction of sp³-hybridized carbons (Fsp3) is 0.556. The van der Waals surface area contributed by atoms with Crippen LogP contribution in [0.15, 0.2) is 18.2 Å². The number of carbonyl (C=O) groups is 2. The number of amides is 2. The Morgan fingerprint density at radius 2 is 2.08 bits per heavy atom. The molecule has 1 aliphatic heterocycles. The van der Waals surface area contributed by atoms with Gasteiger partial charge in [0, 0.05) is 37.7 Å². The minimum absolute atomic E-state index is 0.0953. The summed E-state index contributed by atoms with van der Waals surface area (Å²) in [6.07, 6.45) is 5.91. The Bertz CT molecular complexity index is 614. The van der Waals surface area contributed by atoms with Gasteiger partial charge in [-0.2, -0.15) is 0 Å². The van der Waals surface area contributed by atoms with Crippen molar-refractivity contribution in [3.8, 4) is 5.75 Å². The van der Waals surface area contributed by atoms with Gasteiger partial charge in [0.05, 0.1) is 6.10 Å². The Balaban J connectivity index is 1.50. The molecule has 1 saturated heterocycles. The van der Waals surface area contributed by atoms with E-state index in [1.54, 1.807) is 17.0 Å². The van der Waals surface area contributed by atoms with Gasteiger partial charge in [0.15, 0.2) is 11.6 Å². The van der Waals surface area contributed by atoms with Gasteiger partial charge >= 0.3 is 0 Å². The molecule has 0 atom stereocenters. The van der Waals surface area contributed by atoms with Crippen molar-refractivity contribution in [1.82, 2.24) is 4.90 Å². The van der Waals surface area contributed by atoms with Gasteiger partial charge in [-0.15, -0.1) is 0 Å². The van der Waals surface area contributed by atoms with E-state index in [1.165, 1.54) is 6.07 Å². The van der Waals surface area contributed by atoms with E-state index >= 15 is 0 Å². The molecule has 1 aliphatic carbocycles. The second-order valence-electron chi connectivity index (χ2n) is 6.45. The van der Waals surface area contributed by atoms with Crippen LogP contribution in [0.4, 0.5) is 10.1 Å². The molecule has 1 heterocycles. The van der Waals surface area contributed by atoms with Crippen molar-refractivity contribution in [2.45, 2.75) is 51.0 Å². The first-order chi connectivity index (χ1) is 11.6. The highest BCUT2D eigenvalue weighted by atomic mass is 19.1. The molecular formula is C18H23FN2O3. The van der Waals surface area contributed by atoms with Crippen LogP contribution in [-0.2, 0) is 9.59 Å². The maximum atomic E-state index is 14.1. The minimum atomic E-state index is -0.463. The van der Waals surface area contributed by atoms with Crippen LogP contribution in [-0.4, -0.2) is 35.9 Å². The number of nitrogens with zero attached hydrogens (tertiary/aromatic N) is 1. The Morgan fingerprint density at radius 3 is 2.75 bits per heavy atom. The molecule has 6 heteroatoms. The summed E-state index contributed by atoms with van der Waals surface area (Å²) in [6.45, 7) is 1.13. The molecule has 0 spiro atoms. The highest BCUT2D eigenvalue weighted by Crippen LogP contribution is 2.27. The number of hydrogen-bond donors (Lipinski definition) is 1. The molecule has 1 saturated carbocycles. The number of ether oxygens (including phenoxy) is 1. The molecule has 130 valence electrons. The van der Waals surface area contributed by atoms with Crippen LogP contribution in [0.3, 0.4) is 0 Å². The maximum Gasteiger partial charge on any atom is 0.226 e. The summed E-state index contributed by atoms with van der Waals surface area (Å²) in [5, 5.41) is 2.67. The van der Waals surface area contributed by atoms with Gasteiger partial charge < -0.3 is 15.0 Å².